The van der Waals surface area contributed by atoms with Gasteiger partial charge in [0.1, 0.15) is 6.04 Å². The Morgan fingerprint density at radius 1 is 1.21 bits per heavy atom. The number of hydrogen-bond donors (Lipinski definition) is 1. The second kappa shape index (κ2) is 6.02. The van der Waals surface area contributed by atoms with Crippen molar-refractivity contribution in [2.75, 3.05) is 6.54 Å². The number of carbonyl (C=O) groups is 1. The summed E-state index contributed by atoms with van der Waals surface area (Å²) in [5, 5.41) is 4.13. The number of nitrogens with two attached hydrogens (primary N) is 1. The Kier molecular flexibility index (Phi) is 3.84. The monoisotopic (exact) mass is 326 g/mol. The molecule has 1 aromatic carbocycles. The van der Waals surface area contributed by atoms with Gasteiger partial charge >= 0.3 is 0 Å². The predicted octanol–water partition coefficient (Wildman–Crippen LogP) is 2.77. The average molecular weight is 326 g/mol. The molecule has 2 fully saturated rings. The van der Waals surface area contributed by atoms with Gasteiger partial charge in [-0.25, -0.2) is 0 Å². The minimum atomic E-state index is -0.464. The van der Waals surface area contributed by atoms with E-state index in [0.717, 1.165) is 38.5 Å². The van der Waals surface area contributed by atoms with Gasteiger partial charge in [0.2, 0.25) is 5.89 Å². The average Bonchev–Trinajstić information content (AvgIpc) is 3.34. The van der Waals surface area contributed by atoms with E-state index >= 15 is 0 Å². The molecule has 0 radical (unpaired) electrons. The van der Waals surface area contributed by atoms with Gasteiger partial charge in [-0.15, -0.1) is 0 Å². The second-order valence-corrected chi connectivity index (χ2v) is 6.84. The van der Waals surface area contributed by atoms with Gasteiger partial charge in [-0.05, 0) is 37.8 Å². The zero-order valence-corrected chi connectivity index (χ0v) is 13.6. The zero-order valence-electron chi connectivity index (χ0n) is 13.6. The number of rotatable bonds is 3. The van der Waals surface area contributed by atoms with Crippen LogP contribution in [0, 0.1) is 0 Å². The van der Waals surface area contributed by atoms with Crippen molar-refractivity contribution in [2.24, 2.45) is 5.73 Å². The van der Waals surface area contributed by atoms with Crippen molar-refractivity contribution < 1.29 is 9.32 Å². The van der Waals surface area contributed by atoms with Crippen LogP contribution in [0.4, 0.5) is 0 Å². The fourth-order valence-corrected chi connectivity index (χ4v) is 3.82. The Bertz CT molecular complexity index is 722. The number of carbonyl (C=O) groups excluding carboxylic acids is 1. The van der Waals surface area contributed by atoms with Crippen LogP contribution in [0.3, 0.4) is 0 Å². The first-order chi connectivity index (χ1) is 11.7. The molecule has 2 heterocycles. The van der Waals surface area contributed by atoms with Gasteiger partial charge < -0.3 is 15.2 Å². The van der Waals surface area contributed by atoms with E-state index in [9.17, 15) is 4.79 Å². The van der Waals surface area contributed by atoms with Crippen LogP contribution in [-0.2, 0) is 5.54 Å². The largest absolute Gasteiger partial charge is 0.337 e. The molecule has 1 saturated heterocycles. The summed E-state index contributed by atoms with van der Waals surface area (Å²) < 4.78 is 5.51. The highest BCUT2D eigenvalue weighted by Gasteiger charge is 2.39. The Labute approximate surface area is 141 Å². The molecule has 2 N–H and O–H groups in total. The van der Waals surface area contributed by atoms with Crippen LogP contribution < -0.4 is 5.73 Å². The number of amides is 1. The molecule has 6 nitrogen and oxygen atoms in total. The van der Waals surface area contributed by atoms with Crippen LogP contribution in [0.5, 0.6) is 0 Å². The maximum absolute atomic E-state index is 12.8. The second-order valence-electron chi connectivity index (χ2n) is 6.84. The van der Waals surface area contributed by atoms with Gasteiger partial charge in [0.15, 0.2) is 5.82 Å². The van der Waals surface area contributed by atoms with Crippen LogP contribution >= 0.6 is 0 Å². The minimum Gasteiger partial charge on any atom is -0.337 e. The summed E-state index contributed by atoms with van der Waals surface area (Å²) in [5.74, 6) is 1.12. The lowest BCUT2D eigenvalue weighted by Gasteiger charge is -2.22. The normalized spacial score (nSPS) is 22.9. The first kappa shape index (κ1) is 15.3. The molecule has 1 unspecified atom stereocenters. The lowest BCUT2D eigenvalue weighted by molar-refractivity contribution is 0.0710. The molecule has 0 bridgehead atoms. The third-order valence-corrected chi connectivity index (χ3v) is 5.20. The summed E-state index contributed by atoms with van der Waals surface area (Å²) in [6.45, 7) is 0.712. The first-order valence-electron chi connectivity index (χ1n) is 8.66. The standard InChI is InChI=1S/C18H22N4O2/c19-18(10-4-5-11-18)17-20-15(24-21-17)14-9-6-12-22(14)16(23)13-7-2-1-3-8-13/h1-3,7-8,14H,4-6,9-12,19H2. The third kappa shape index (κ3) is 2.60. The van der Waals surface area contributed by atoms with Crippen molar-refractivity contribution in [3.05, 3.63) is 47.6 Å². The molecule has 6 heteroatoms. The molecule has 24 heavy (non-hydrogen) atoms. The van der Waals surface area contributed by atoms with Crippen molar-refractivity contribution in [3.63, 3.8) is 0 Å². The summed E-state index contributed by atoms with van der Waals surface area (Å²) in [6, 6.07) is 9.19. The molecule has 2 aliphatic rings. The first-order valence-corrected chi connectivity index (χ1v) is 8.66. The summed E-state index contributed by atoms with van der Waals surface area (Å²) in [6.07, 6.45) is 5.77. The predicted molar refractivity (Wildman–Crippen MR) is 88.1 cm³/mol. The van der Waals surface area contributed by atoms with Crippen LogP contribution in [0.15, 0.2) is 34.9 Å². The van der Waals surface area contributed by atoms with E-state index in [1.54, 1.807) is 0 Å². The Morgan fingerprint density at radius 2 is 1.96 bits per heavy atom. The zero-order chi connectivity index (χ0) is 16.6. The van der Waals surface area contributed by atoms with Crippen molar-refractivity contribution in [3.8, 4) is 0 Å². The number of benzene rings is 1. The fraction of sp³-hybridized carbons (Fsp3) is 0.500. The topological polar surface area (TPSA) is 85.2 Å². The van der Waals surface area contributed by atoms with Crippen LogP contribution in [-0.4, -0.2) is 27.5 Å². The van der Waals surface area contributed by atoms with E-state index in [2.05, 4.69) is 10.1 Å². The molecule has 0 spiro atoms. The van der Waals surface area contributed by atoms with Gasteiger partial charge in [0.05, 0.1) is 5.54 Å². The highest BCUT2D eigenvalue weighted by molar-refractivity contribution is 5.94. The number of hydrogen-bond acceptors (Lipinski definition) is 5. The molecule has 1 aliphatic carbocycles. The third-order valence-electron chi connectivity index (χ3n) is 5.20. The van der Waals surface area contributed by atoms with Gasteiger partial charge in [-0.1, -0.05) is 36.2 Å². The molecule has 2 aromatic rings. The lowest BCUT2D eigenvalue weighted by atomic mass is 9.98. The Hall–Kier alpha value is -2.21. The molecule has 126 valence electrons. The quantitative estimate of drug-likeness (QED) is 0.937. The minimum absolute atomic E-state index is 0.0150. The molecule has 4 rings (SSSR count). The van der Waals surface area contributed by atoms with Crippen molar-refractivity contribution in [1.82, 2.24) is 15.0 Å². The molecular weight excluding hydrogens is 304 g/mol. The van der Waals surface area contributed by atoms with Crippen molar-refractivity contribution in [2.45, 2.75) is 50.1 Å². The van der Waals surface area contributed by atoms with Crippen LogP contribution in [0.2, 0.25) is 0 Å². The molecular formula is C18H22N4O2. The Morgan fingerprint density at radius 3 is 2.71 bits per heavy atom. The number of nitrogens with zero attached hydrogens (tertiary/aromatic N) is 3. The highest BCUT2D eigenvalue weighted by atomic mass is 16.5. The van der Waals surface area contributed by atoms with E-state index in [1.165, 1.54) is 0 Å². The van der Waals surface area contributed by atoms with Crippen LogP contribution in [0.25, 0.3) is 0 Å². The molecule has 1 saturated carbocycles. The van der Waals surface area contributed by atoms with Crippen molar-refractivity contribution >= 4 is 5.91 Å². The maximum atomic E-state index is 12.8. The van der Waals surface area contributed by atoms with E-state index in [4.69, 9.17) is 10.3 Å². The van der Waals surface area contributed by atoms with Gasteiger partial charge in [0, 0.05) is 12.1 Å². The summed E-state index contributed by atoms with van der Waals surface area (Å²) in [5.41, 5.74) is 6.64. The highest BCUT2D eigenvalue weighted by Crippen LogP contribution is 2.37. The van der Waals surface area contributed by atoms with Gasteiger partial charge in [0.25, 0.3) is 5.91 Å². The summed E-state index contributed by atoms with van der Waals surface area (Å²) >= 11 is 0. The fourth-order valence-electron chi connectivity index (χ4n) is 3.82. The smallest absolute Gasteiger partial charge is 0.254 e. The summed E-state index contributed by atoms with van der Waals surface area (Å²) in [4.78, 5) is 19.2. The lowest BCUT2D eigenvalue weighted by Crippen LogP contribution is -2.34. The maximum Gasteiger partial charge on any atom is 0.254 e. The van der Waals surface area contributed by atoms with Crippen LogP contribution in [0.1, 0.15) is 66.6 Å². The van der Waals surface area contributed by atoms with Gasteiger partial charge in [-0.2, -0.15) is 4.98 Å². The number of aromatic nitrogens is 2. The Balaban J connectivity index is 1.57. The van der Waals surface area contributed by atoms with E-state index in [1.807, 2.05) is 35.2 Å². The summed E-state index contributed by atoms with van der Waals surface area (Å²) in [7, 11) is 0. The van der Waals surface area contributed by atoms with E-state index < -0.39 is 5.54 Å². The van der Waals surface area contributed by atoms with E-state index in [-0.39, 0.29) is 11.9 Å². The van der Waals surface area contributed by atoms with Crippen molar-refractivity contribution in [1.29, 1.82) is 0 Å². The van der Waals surface area contributed by atoms with Gasteiger partial charge in [-0.3, -0.25) is 4.79 Å². The molecule has 1 aromatic heterocycles. The SMILES string of the molecule is NC1(c2noc(C3CCCN3C(=O)c3ccccc3)n2)CCCC1. The molecule has 1 amide bonds. The molecule has 1 atom stereocenters. The molecule has 1 aliphatic heterocycles. The van der Waals surface area contributed by atoms with E-state index in [0.29, 0.717) is 23.8 Å². The number of likely N-dealkylation sites (tertiary alicyclic amines) is 1.